The normalized spacial score (nSPS) is 15.3. The van der Waals surface area contributed by atoms with Crippen LogP contribution in [0, 0.1) is 0 Å². The predicted octanol–water partition coefficient (Wildman–Crippen LogP) is 3.45. The van der Waals surface area contributed by atoms with Gasteiger partial charge in [-0.05, 0) is 40.9 Å². The van der Waals surface area contributed by atoms with Crippen LogP contribution in [0.2, 0.25) is 0 Å². The Balaban J connectivity index is 2.00. The van der Waals surface area contributed by atoms with Gasteiger partial charge in [0, 0.05) is 31.4 Å². The first-order valence-electron chi connectivity index (χ1n) is 6.28. The molecule has 1 aliphatic rings. The Hall–Kier alpha value is -1.29. The van der Waals surface area contributed by atoms with Crippen LogP contribution in [0.15, 0.2) is 34.9 Å². The molecule has 94 valence electrons. The smallest absolute Gasteiger partial charge is 0.0821 e. The summed E-state index contributed by atoms with van der Waals surface area (Å²) in [6.45, 7) is 2.35. The first kappa shape index (κ1) is 11.8. The van der Waals surface area contributed by atoms with Crippen molar-refractivity contribution in [3.05, 3.63) is 34.9 Å². The quantitative estimate of drug-likeness (QED) is 0.847. The standard InChI is InChI=1S/C14H16BrN3/c1-17-14(13(15)10-16-17)11-5-4-6-12(9-11)18-7-2-3-8-18/h4-6,9-10H,2-3,7-8H2,1H3. The summed E-state index contributed by atoms with van der Waals surface area (Å²) in [7, 11) is 1.97. The molecule has 1 aliphatic heterocycles. The molecular formula is C14H16BrN3. The Morgan fingerprint density at radius 3 is 2.67 bits per heavy atom. The second kappa shape index (κ2) is 4.76. The third kappa shape index (κ3) is 2.05. The molecule has 0 radical (unpaired) electrons. The van der Waals surface area contributed by atoms with Crippen molar-refractivity contribution < 1.29 is 0 Å². The number of aryl methyl sites for hydroxylation is 1. The topological polar surface area (TPSA) is 21.1 Å². The van der Waals surface area contributed by atoms with Crippen molar-refractivity contribution in [2.75, 3.05) is 18.0 Å². The molecule has 1 aromatic carbocycles. The highest BCUT2D eigenvalue weighted by molar-refractivity contribution is 9.10. The van der Waals surface area contributed by atoms with E-state index in [4.69, 9.17) is 0 Å². The third-order valence-corrected chi connectivity index (χ3v) is 4.07. The Labute approximate surface area is 116 Å². The van der Waals surface area contributed by atoms with Crippen LogP contribution >= 0.6 is 15.9 Å². The largest absolute Gasteiger partial charge is 0.372 e. The average molecular weight is 306 g/mol. The molecule has 1 saturated heterocycles. The number of hydrogen-bond acceptors (Lipinski definition) is 2. The van der Waals surface area contributed by atoms with E-state index in [0.29, 0.717) is 0 Å². The van der Waals surface area contributed by atoms with E-state index >= 15 is 0 Å². The van der Waals surface area contributed by atoms with Gasteiger partial charge in [-0.15, -0.1) is 0 Å². The summed E-state index contributed by atoms with van der Waals surface area (Å²) >= 11 is 3.56. The van der Waals surface area contributed by atoms with Crippen LogP contribution in [0.1, 0.15) is 12.8 Å². The SMILES string of the molecule is Cn1ncc(Br)c1-c1cccc(N2CCCC2)c1. The lowest BCUT2D eigenvalue weighted by molar-refractivity contribution is 0.775. The molecule has 18 heavy (non-hydrogen) atoms. The zero-order chi connectivity index (χ0) is 12.5. The van der Waals surface area contributed by atoms with Gasteiger partial charge in [0.05, 0.1) is 16.4 Å². The summed E-state index contributed by atoms with van der Waals surface area (Å²) < 4.78 is 2.95. The fraction of sp³-hybridized carbons (Fsp3) is 0.357. The van der Waals surface area contributed by atoms with E-state index < -0.39 is 0 Å². The van der Waals surface area contributed by atoms with E-state index in [0.717, 1.165) is 10.2 Å². The van der Waals surface area contributed by atoms with E-state index in [1.165, 1.54) is 37.2 Å². The zero-order valence-electron chi connectivity index (χ0n) is 10.4. The van der Waals surface area contributed by atoms with E-state index in [-0.39, 0.29) is 0 Å². The monoisotopic (exact) mass is 305 g/mol. The maximum Gasteiger partial charge on any atom is 0.0821 e. The van der Waals surface area contributed by atoms with Crippen LogP contribution in [0.3, 0.4) is 0 Å². The minimum Gasteiger partial charge on any atom is -0.372 e. The van der Waals surface area contributed by atoms with E-state index in [1.807, 2.05) is 17.9 Å². The van der Waals surface area contributed by atoms with Crippen molar-refractivity contribution in [1.82, 2.24) is 9.78 Å². The summed E-state index contributed by atoms with van der Waals surface area (Å²) in [6, 6.07) is 8.72. The lowest BCUT2D eigenvalue weighted by atomic mass is 10.1. The summed E-state index contributed by atoms with van der Waals surface area (Å²) in [5.74, 6) is 0. The maximum atomic E-state index is 4.28. The summed E-state index contributed by atoms with van der Waals surface area (Å²) in [5.41, 5.74) is 3.67. The molecule has 3 nitrogen and oxygen atoms in total. The number of halogens is 1. The number of anilines is 1. The molecule has 1 aromatic heterocycles. The van der Waals surface area contributed by atoms with Gasteiger partial charge in [0.25, 0.3) is 0 Å². The Kier molecular flexibility index (Phi) is 3.12. The summed E-state index contributed by atoms with van der Waals surface area (Å²) in [6.07, 6.45) is 4.46. The molecule has 2 aromatic rings. The van der Waals surface area contributed by atoms with Gasteiger partial charge in [-0.25, -0.2) is 0 Å². The Morgan fingerprint density at radius 1 is 1.22 bits per heavy atom. The molecule has 4 heteroatoms. The molecule has 3 rings (SSSR count). The second-order valence-electron chi connectivity index (χ2n) is 4.71. The highest BCUT2D eigenvalue weighted by atomic mass is 79.9. The van der Waals surface area contributed by atoms with Crippen LogP contribution in [0.4, 0.5) is 5.69 Å². The highest BCUT2D eigenvalue weighted by Crippen LogP contribution is 2.31. The van der Waals surface area contributed by atoms with E-state index in [2.05, 4.69) is 50.2 Å². The van der Waals surface area contributed by atoms with Gasteiger partial charge >= 0.3 is 0 Å². The van der Waals surface area contributed by atoms with Gasteiger partial charge in [0.15, 0.2) is 0 Å². The van der Waals surface area contributed by atoms with Crippen molar-refractivity contribution >= 4 is 21.6 Å². The molecule has 0 N–H and O–H groups in total. The Morgan fingerprint density at radius 2 is 2.00 bits per heavy atom. The molecular weight excluding hydrogens is 290 g/mol. The van der Waals surface area contributed by atoms with Crippen molar-refractivity contribution in [2.45, 2.75) is 12.8 Å². The van der Waals surface area contributed by atoms with Gasteiger partial charge < -0.3 is 4.90 Å². The molecule has 0 amide bonds. The predicted molar refractivity (Wildman–Crippen MR) is 77.8 cm³/mol. The molecule has 0 unspecified atom stereocenters. The summed E-state index contributed by atoms with van der Waals surface area (Å²) in [4.78, 5) is 2.45. The lowest BCUT2D eigenvalue weighted by Gasteiger charge is -2.18. The molecule has 0 atom stereocenters. The fourth-order valence-corrected chi connectivity index (χ4v) is 3.14. The van der Waals surface area contributed by atoms with Crippen LogP contribution in [0.25, 0.3) is 11.3 Å². The number of hydrogen-bond donors (Lipinski definition) is 0. The van der Waals surface area contributed by atoms with Crippen molar-refractivity contribution in [3.8, 4) is 11.3 Å². The van der Waals surface area contributed by atoms with Gasteiger partial charge in [0.1, 0.15) is 0 Å². The van der Waals surface area contributed by atoms with Crippen molar-refractivity contribution in [1.29, 1.82) is 0 Å². The molecule has 0 saturated carbocycles. The number of benzene rings is 1. The lowest BCUT2D eigenvalue weighted by Crippen LogP contribution is -2.17. The molecule has 1 fully saturated rings. The van der Waals surface area contributed by atoms with E-state index in [9.17, 15) is 0 Å². The molecule has 0 spiro atoms. The van der Waals surface area contributed by atoms with Gasteiger partial charge in [-0.1, -0.05) is 12.1 Å². The third-order valence-electron chi connectivity index (χ3n) is 3.48. The number of aromatic nitrogens is 2. The first-order chi connectivity index (χ1) is 8.75. The molecule has 0 bridgehead atoms. The van der Waals surface area contributed by atoms with Gasteiger partial charge in [-0.2, -0.15) is 5.10 Å². The molecule has 0 aliphatic carbocycles. The zero-order valence-corrected chi connectivity index (χ0v) is 12.0. The second-order valence-corrected chi connectivity index (χ2v) is 5.56. The summed E-state index contributed by atoms with van der Waals surface area (Å²) in [5, 5.41) is 4.28. The minimum absolute atomic E-state index is 1.04. The fourth-order valence-electron chi connectivity index (χ4n) is 2.56. The average Bonchev–Trinajstić information content (AvgIpc) is 3.00. The van der Waals surface area contributed by atoms with Crippen LogP contribution in [-0.2, 0) is 7.05 Å². The number of nitrogens with zero attached hydrogens (tertiary/aromatic N) is 3. The van der Waals surface area contributed by atoms with Crippen LogP contribution in [-0.4, -0.2) is 22.9 Å². The molecule has 2 heterocycles. The number of rotatable bonds is 2. The van der Waals surface area contributed by atoms with Crippen LogP contribution in [0.5, 0.6) is 0 Å². The Bertz CT molecular complexity index is 536. The van der Waals surface area contributed by atoms with Crippen molar-refractivity contribution in [3.63, 3.8) is 0 Å². The van der Waals surface area contributed by atoms with Gasteiger partial charge in [-0.3, -0.25) is 4.68 Å². The first-order valence-corrected chi connectivity index (χ1v) is 7.08. The van der Waals surface area contributed by atoms with E-state index in [1.54, 1.807) is 0 Å². The van der Waals surface area contributed by atoms with Crippen LogP contribution < -0.4 is 4.90 Å². The maximum absolute atomic E-state index is 4.28. The minimum atomic E-state index is 1.04. The van der Waals surface area contributed by atoms with Crippen molar-refractivity contribution in [2.24, 2.45) is 7.05 Å². The van der Waals surface area contributed by atoms with Gasteiger partial charge in [0.2, 0.25) is 0 Å². The highest BCUT2D eigenvalue weighted by Gasteiger charge is 2.14.